The SMILES string of the molecule is CCO[Si](COC)OCC. The number of ether oxygens (including phenoxy) is 1. The van der Waals surface area contributed by atoms with E-state index in [0.29, 0.717) is 19.4 Å². The molecule has 1 radical (unpaired) electrons. The molecule has 0 amide bonds. The molecule has 0 aliphatic heterocycles. The maximum Gasteiger partial charge on any atom is 0.413 e. The lowest BCUT2D eigenvalue weighted by Gasteiger charge is -2.10. The van der Waals surface area contributed by atoms with Gasteiger partial charge in [0.15, 0.2) is 0 Å². The lowest BCUT2D eigenvalue weighted by Crippen LogP contribution is -2.28. The highest BCUT2D eigenvalue weighted by Gasteiger charge is 2.12. The Balaban J connectivity index is 3.30. The predicted octanol–water partition coefficient (Wildman–Crippen LogP) is 0.733. The van der Waals surface area contributed by atoms with Crippen molar-refractivity contribution in [3.05, 3.63) is 0 Å². The van der Waals surface area contributed by atoms with Crippen LogP contribution in [0.2, 0.25) is 0 Å². The van der Waals surface area contributed by atoms with Gasteiger partial charge in [-0.3, -0.25) is 0 Å². The van der Waals surface area contributed by atoms with Gasteiger partial charge in [-0.2, -0.15) is 0 Å². The monoisotopic (exact) mass is 163 g/mol. The highest BCUT2D eigenvalue weighted by molar-refractivity contribution is 6.44. The molecule has 0 aromatic rings. The van der Waals surface area contributed by atoms with Crippen molar-refractivity contribution in [3.8, 4) is 0 Å². The smallest absolute Gasteiger partial charge is 0.392 e. The van der Waals surface area contributed by atoms with E-state index < -0.39 is 9.28 Å². The molecule has 0 saturated carbocycles. The molecule has 0 atom stereocenters. The third kappa shape index (κ3) is 4.93. The first kappa shape index (κ1) is 10.1. The van der Waals surface area contributed by atoms with Crippen LogP contribution in [0.15, 0.2) is 0 Å². The van der Waals surface area contributed by atoms with Crippen LogP contribution in [-0.4, -0.2) is 35.8 Å². The average molecular weight is 163 g/mol. The Kier molecular flexibility index (Phi) is 7.28. The first-order chi connectivity index (χ1) is 4.85. The number of methoxy groups -OCH3 is 1. The first-order valence-corrected chi connectivity index (χ1v) is 4.97. The van der Waals surface area contributed by atoms with Crippen LogP contribution in [0.3, 0.4) is 0 Å². The molecule has 0 fully saturated rings. The summed E-state index contributed by atoms with van der Waals surface area (Å²) in [6.45, 7) is 5.33. The van der Waals surface area contributed by atoms with Gasteiger partial charge in [0.2, 0.25) is 0 Å². The molecule has 61 valence electrons. The molecular formula is C6H15O3Si. The lowest BCUT2D eigenvalue weighted by atomic mass is 10.9. The Bertz CT molecular complexity index is 55.7. The minimum absolute atomic E-state index is 0.604. The van der Waals surface area contributed by atoms with Gasteiger partial charge >= 0.3 is 9.28 Å². The molecule has 0 saturated heterocycles. The Hall–Kier alpha value is 0.0969. The van der Waals surface area contributed by atoms with E-state index in [4.69, 9.17) is 13.6 Å². The van der Waals surface area contributed by atoms with Crippen LogP contribution >= 0.6 is 0 Å². The van der Waals surface area contributed by atoms with Crippen molar-refractivity contribution < 1.29 is 13.6 Å². The van der Waals surface area contributed by atoms with Crippen LogP contribution in [0.25, 0.3) is 0 Å². The Morgan fingerprint density at radius 1 is 1.10 bits per heavy atom. The van der Waals surface area contributed by atoms with Crippen LogP contribution in [0, 0.1) is 0 Å². The summed E-state index contributed by atoms with van der Waals surface area (Å²) >= 11 is 0. The van der Waals surface area contributed by atoms with E-state index >= 15 is 0 Å². The van der Waals surface area contributed by atoms with Gasteiger partial charge in [0.25, 0.3) is 0 Å². The molecule has 0 heterocycles. The zero-order valence-electron chi connectivity index (χ0n) is 6.85. The number of hydrogen-bond acceptors (Lipinski definition) is 3. The largest absolute Gasteiger partial charge is 0.413 e. The second-order valence-corrected chi connectivity index (χ2v) is 3.28. The van der Waals surface area contributed by atoms with Gasteiger partial charge in [0, 0.05) is 20.3 Å². The van der Waals surface area contributed by atoms with Gasteiger partial charge in [-0.1, -0.05) is 0 Å². The molecular weight excluding hydrogens is 148 g/mol. The molecule has 3 nitrogen and oxygen atoms in total. The summed E-state index contributed by atoms with van der Waals surface area (Å²) in [4.78, 5) is 0. The van der Waals surface area contributed by atoms with E-state index in [1.54, 1.807) is 7.11 Å². The second kappa shape index (κ2) is 7.21. The molecule has 0 aliphatic rings. The van der Waals surface area contributed by atoms with Crippen LogP contribution in [0.5, 0.6) is 0 Å². The molecule has 4 heteroatoms. The summed E-state index contributed by atoms with van der Waals surface area (Å²) in [5.74, 6) is 0. The van der Waals surface area contributed by atoms with Crippen LogP contribution in [0.1, 0.15) is 13.8 Å². The summed E-state index contributed by atoms with van der Waals surface area (Å²) in [6, 6.07) is 0. The normalized spacial score (nSPS) is 10.8. The summed E-state index contributed by atoms with van der Waals surface area (Å²) < 4.78 is 15.5. The highest BCUT2D eigenvalue weighted by atomic mass is 28.3. The molecule has 10 heavy (non-hydrogen) atoms. The zero-order valence-corrected chi connectivity index (χ0v) is 7.85. The maximum atomic E-state index is 5.28. The Labute approximate surface area is 64.1 Å². The minimum atomic E-state index is -1.12. The fraction of sp³-hybridized carbons (Fsp3) is 1.00. The fourth-order valence-corrected chi connectivity index (χ4v) is 1.69. The molecule has 0 rings (SSSR count). The van der Waals surface area contributed by atoms with E-state index in [2.05, 4.69) is 0 Å². The molecule has 0 bridgehead atoms. The van der Waals surface area contributed by atoms with Crippen molar-refractivity contribution in [2.24, 2.45) is 0 Å². The topological polar surface area (TPSA) is 27.7 Å². The van der Waals surface area contributed by atoms with Crippen molar-refractivity contribution in [3.63, 3.8) is 0 Å². The molecule has 0 aliphatic carbocycles. The van der Waals surface area contributed by atoms with Gasteiger partial charge in [-0.25, -0.2) is 0 Å². The molecule has 0 aromatic heterocycles. The van der Waals surface area contributed by atoms with E-state index in [-0.39, 0.29) is 0 Å². The summed E-state index contributed by atoms with van der Waals surface area (Å²) in [5.41, 5.74) is 0. The quantitative estimate of drug-likeness (QED) is 0.540. The van der Waals surface area contributed by atoms with Crippen LogP contribution in [-0.2, 0) is 13.6 Å². The Morgan fingerprint density at radius 3 is 1.90 bits per heavy atom. The predicted molar refractivity (Wildman–Crippen MR) is 40.9 cm³/mol. The third-order valence-electron chi connectivity index (χ3n) is 0.873. The second-order valence-electron chi connectivity index (χ2n) is 1.67. The van der Waals surface area contributed by atoms with Crippen LogP contribution in [0.4, 0.5) is 0 Å². The van der Waals surface area contributed by atoms with Gasteiger partial charge in [0.1, 0.15) is 0 Å². The van der Waals surface area contributed by atoms with Crippen LogP contribution < -0.4 is 0 Å². The minimum Gasteiger partial charge on any atom is -0.392 e. The first-order valence-electron chi connectivity index (χ1n) is 3.45. The highest BCUT2D eigenvalue weighted by Crippen LogP contribution is 1.89. The van der Waals surface area contributed by atoms with Crippen molar-refractivity contribution in [1.82, 2.24) is 0 Å². The fourth-order valence-electron chi connectivity index (χ4n) is 0.565. The molecule has 0 N–H and O–H groups in total. The molecule has 0 spiro atoms. The van der Waals surface area contributed by atoms with Gasteiger partial charge in [-0.05, 0) is 13.8 Å². The van der Waals surface area contributed by atoms with E-state index in [1.807, 2.05) is 13.8 Å². The summed E-state index contributed by atoms with van der Waals surface area (Å²) in [5, 5.41) is 0. The number of rotatable bonds is 6. The van der Waals surface area contributed by atoms with Crippen molar-refractivity contribution in [1.29, 1.82) is 0 Å². The van der Waals surface area contributed by atoms with Gasteiger partial charge in [-0.15, -0.1) is 0 Å². The van der Waals surface area contributed by atoms with Crippen molar-refractivity contribution in [2.75, 3.05) is 26.6 Å². The number of hydrogen-bond donors (Lipinski definition) is 0. The van der Waals surface area contributed by atoms with Crippen molar-refractivity contribution in [2.45, 2.75) is 13.8 Å². The van der Waals surface area contributed by atoms with E-state index in [9.17, 15) is 0 Å². The molecule has 0 unspecified atom stereocenters. The molecule has 0 aromatic carbocycles. The van der Waals surface area contributed by atoms with Crippen molar-refractivity contribution >= 4 is 9.28 Å². The zero-order chi connectivity index (χ0) is 7.82. The Morgan fingerprint density at radius 2 is 1.60 bits per heavy atom. The standard InChI is InChI=1S/C6H15O3Si/c1-4-8-10(6-7-3)9-5-2/h4-6H2,1-3H3. The summed E-state index contributed by atoms with van der Waals surface area (Å²) in [7, 11) is 0.536. The van der Waals surface area contributed by atoms with E-state index in [0.717, 1.165) is 0 Å². The third-order valence-corrected chi connectivity index (χ3v) is 2.62. The average Bonchev–Trinajstić information content (AvgIpc) is 1.90. The van der Waals surface area contributed by atoms with Gasteiger partial charge < -0.3 is 13.6 Å². The lowest BCUT2D eigenvalue weighted by molar-refractivity contribution is 0.157. The summed E-state index contributed by atoms with van der Waals surface area (Å²) in [6.07, 6.45) is 0.604. The maximum absolute atomic E-state index is 5.28. The van der Waals surface area contributed by atoms with E-state index in [1.165, 1.54) is 0 Å². The van der Waals surface area contributed by atoms with Gasteiger partial charge in [0.05, 0.1) is 6.23 Å².